The monoisotopic (exact) mass is 375 g/mol. The van der Waals surface area contributed by atoms with Crippen LogP contribution in [-0.2, 0) is 6.42 Å². The first-order valence-electron chi connectivity index (χ1n) is 9.77. The summed E-state index contributed by atoms with van der Waals surface area (Å²) in [6.07, 6.45) is 9.52. The summed E-state index contributed by atoms with van der Waals surface area (Å²) >= 11 is 0. The Hall–Kier alpha value is -2.91. The minimum absolute atomic E-state index is 0.234. The number of benzene rings is 2. The van der Waals surface area contributed by atoms with E-state index in [1.807, 2.05) is 0 Å². The van der Waals surface area contributed by atoms with E-state index in [0.717, 1.165) is 31.4 Å². The molecule has 0 radical (unpaired) electrons. The molecule has 1 saturated carbocycles. The van der Waals surface area contributed by atoms with Crippen LogP contribution in [0.15, 0.2) is 48.6 Å². The fourth-order valence-corrected chi connectivity index (χ4v) is 3.73. The van der Waals surface area contributed by atoms with Gasteiger partial charge >= 0.3 is 0 Å². The maximum absolute atomic E-state index is 13.6. The maximum Gasteiger partial charge on any atom is 0.145 e. The van der Waals surface area contributed by atoms with Gasteiger partial charge in [0.25, 0.3) is 0 Å². The molecule has 1 fully saturated rings. The number of allylic oxidation sites excluding steroid dienone is 2. The standard InChI is InChI=1S/C25H23F2N/c1-2-18-7-11-21(12-8-18)22-13-9-19(10-14-22)5-3-4-6-20-15-24(26)23(17-28)25(27)16-20/h3,5,7-8,11-12,15-16,19,22H,2,9-10,13-14H2,1H3. The molecule has 0 unspecified atom stereocenters. The minimum atomic E-state index is -0.874. The average molecular weight is 375 g/mol. The van der Waals surface area contributed by atoms with Gasteiger partial charge in [-0.15, -0.1) is 0 Å². The topological polar surface area (TPSA) is 23.8 Å². The van der Waals surface area contributed by atoms with Crippen molar-refractivity contribution in [3.63, 3.8) is 0 Å². The Morgan fingerprint density at radius 2 is 1.68 bits per heavy atom. The van der Waals surface area contributed by atoms with Gasteiger partial charge < -0.3 is 0 Å². The molecule has 0 heterocycles. The second-order valence-corrected chi connectivity index (χ2v) is 7.26. The highest BCUT2D eigenvalue weighted by Crippen LogP contribution is 2.36. The van der Waals surface area contributed by atoms with Gasteiger partial charge in [-0.3, -0.25) is 0 Å². The largest absolute Gasteiger partial charge is 0.205 e. The molecule has 0 saturated heterocycles. The third kappa shape index (κ3) is 4.87. The molecule has 3 rings (SSSR count). The van der Waals surface area contributed by atoms with Crippen molar-refractivity contribution in [3.05, 3.63) is 82.4 Å². The molecule has 2 aromatic carbocycles. The SMILES string of the molecule is CCc1ccc(C2CCC(C=CC#Cc3cc(F)c(C#N)c(F)c3)CC2)cc1. The molecule has 0 N–H and O–H groups in total. The summed E-state index contributed by atoms with van der Waals surface area (Å²) in [5.41, 5.74) is 2.48. The lowest BCUT2D eigenvalue weighted by atomic mass is 9.78. The highest BCUT2D eigenvalue weighted by molar-refractivity contribution is 5.43. The van der Waals surface area contributed by atoms with Gasteiger partial charge in [-0.1, -0.05) is 49.1 Å². The quantitative estimate of drug-likeness (QED) is 0.579. The Balaban J connectivity index is 1.55. The number of halogens is 2. The van der Waals surface area contributed by atoms with Crippen LogP contribution in [0.2, 0.25) is 0 Å². The molecule has 142 valence electrons. The Morgan fingerprint density at radius 1 is 1.04 bits per heavy atom. The third-order valence-electron chi connectivity index (χ3n) is 5.45. The number of nitrogens with zero attached hydrogens (tertiary/aromatic N) is 1. The van der Waals surface area contributed by atoms with Crippen molar-refractivity contribution in [2.24, 2.45) is 5.92 Å². The second kappa shape index (κ2) is 9.34. The summed E-state index contributed by atoms with van der Waals surface area (Å²) in [7, 11) is 0. The third-order valence-corrected chi connectivity index (χ3v) is 5.45. The lowest BCUT2D eigenvalue weighted by Gasteiger charge is -2.27. The lowest BCUT2D eigenvalue weighted by molar-refractivity contribution is 0.376. The summed E-state index contributed by atoms with van der Waals surface area (Å²) in [6, 6.07) is 12.7. The van der Waals surface area contributed by atoms with Crippen LogP contribution in [0.1, 0.15) is 60.8 Å². The van der Waals surface area contributed by atoms with E-state index >= 15 is 0 Å². The molecule has 0 spiro atoms. The Kier molecular flexibility index (Phi) is 6.62. The summed E-state index contributed by atoms with van der Waals surface area (Å²) in [5.74, 6) is 4.96. The lowest BCUT2D eigenvalue weighted by Crippen LogP contribution is -2.11. The average Bonchev–Trinajstić information content (AvgIpc) is 2.72. The highest BCUT2D eigenvalue weighted by Gasteiger charge is 2.20. The first-order valence-corrected chi connectivity index (χ1v) is 9.77. The van der Waals surface area contributed by atoms with Crippen LogP contribution in [-0.4, -0.2) is 0 Å². The molecule has 0 atom stereocenters. The molecule has 3 heteroatoms. The van der Waals surface area contributed by atoms with Gasteiger partial charge in [0, 0.05) is 5.56 Å². The fraction of sp³-hybridized carbons (Fsp3) is 0.320. The van der Waals surface area contributed by atoms with E-state index in [2.05, 4.69) is 49.1 Å². The molecule has 0 amide bonds. The van der Waals surface area contributed by atoms with E-state index in [4.69, 9.17) is 5.26 Å². The van der Waals surface area contributed by atoms with E-state index < -0.39 is 17.2 Å². The van der Waals surface area contributed by atoms with Gasteiger partial charge in [-0.2, -0.15) is 5.26 Å². The first kappa shape index (κ1) is 19.8. The van der Waals surface area contributed by atoms with Crippen molar-refractivity contribution < 1.29 is 8.78 Å². The molecule has 0 aromatic heterocycles. The van der Waals surface area contributed by atoms with Gasteiger partial charge in [0.1, 0.15) is 23.3 Å². The van der Waals surface area contributed by atoms with E-state index in [0.29, 0.717) is 11.8 Å². The van der Waals surface area contributed by atoms with E-state index in [9.17, 15) is 8.78 Å². The normalized spacial score (nSPS) is 19.1. The van der Waals surface area contributed by atoms with Crippen LogP contribution in [0.4, 0.5) is 8.78 Å². The molecule has 1 nitrogen and oxygen atoms in total. The highest BCUT2D eigenvalue weighted by atomic mass is 19.1. The number of aryl methyl sites for hydroxylation is 1. The van der Waals surface area contributed by atoms with Crippen LogP contribution in [0.25, 0.3) is 0 Å². The zero-order valence-electron chi connectivity index (χ0n) is 16.0. The first-order chi connectivity index (χ1) is 13.6. The zero-order chi connectivity index (χ0) is 19.9. The van der Waals surface area contributed by atoms with Gasteiger partial charge in [-0.05, 0) is 73.3 Å². The number of hydrogen-bond acceptors (Lipinski definition) is 1. The number of rotatable bonds is 3. The Morgan fingerprint density at radius 3 is 2.25 bits per heavy atom. The zero-order valence-corrected chi connectivity index (χ0v) is 16.0. The van der Waals surface area contributed by atoms with Crippen LogP contribution in [0.5, 0.6) is 0 Å². The van der Waals surface area contributed by atoms with Gasteiger partial charge in [0.05, 0.1) is 0 Å². The fourth-order valence-electron chi connectivity index (χ4n) is 3.73. The van der Waals surface area contributed by atoms with Crippen LogP contribution in [0, 0.1) is 40.7 Å². The predicted molar refractivity (Wildman–Crippen MR) is 108 cm³/mol. The van der Waals surface area contributed by atoms with Gasteiger partial charge in [-0.25, -0.2) is 8.78 Å². The molecule has 1 aliphatic carbocycles. The van der Waals surface area contributed by atoms with Crippen LogP contribution >= 0.6 is 0 Å². The molecular weight excluding hydrogens is 352 g/mol. The van der Waals surface area contributed by atoms with Gasteiger partial charge in [0.2, 0.25) is 0 Å². The van der Waals surface area contributed by atoms with Crippen molar-refractivity contribution in [2.45, 2.75) is 44.9 Å². The second-order valence-electron chi connectivity index (χ2n) is 7.26. The summed E-state index contributed by atoms with van der Waals surface area (Å²) < 4.78 is 27.2. The van der Waals surface area contributed by atoms with E-state index in [1.54, 1.807) is 6.08 Å². The van der Waals surface area contributed by atoms with Gasteiger partial charge in [0.15, 0.2) is 0 Å². The Bertz CT molecular complexity index is 924. The molecular formula is C25H23F2N. The Labute approximate surface area is 165 Å². The van der Waals surface area contributed by atoms with Crippen molar-refractivity contribution in [3.8, 4) is 17.9 Å². The van der Waals surface area contributed by atoms with Crippen LogP contribution in [0.3, 0.4) is 0 Å². The number of hydrogen-bond donors (Lipinski definition) is 0. The van der Waals surface area contributed by atoms with Crippen molar-refractivity contribution >= 4 is 0 Å². The maximum atomic E-state index is 13.6. The molecule has 0 aliphatic heterocycles. The van der Waals surface area contributed by atoms with Crippen molar-refractivity contribution in [2.75, 3.05) is 0 Å². The van der Waals surface area contributed by atoms with Crippen molar-refractivity contribution in [1.29, 1.82) is 5.26 Å². The minimum Gasteiger partial charge on any atom is -0.205 e. The summed E-state index contributed by atoms with van der Waals surface area (Å²) in [6.45, 7) is 2.17. The van der Waals surface area contributed by atoms with Crippen LogP contribution < -0.4 is 0 Å². The molecule has 0 bridgehead atoms. The number of nitriles is 1. The molecule has 1 aliphatic rings. The van der Waals surface area contributed by atoms with Crippen molar-refractivity contribution in [1.82, 2.24) is 0 Å². The smallest absolute Gasteiger partial charge is 0.145 e. The summed E-state index contributed by atoms with van der Waals surface area (Å²) in [5, 5.41) is 8.69. The molecule has 2 aromatic rings. The summed E-state index contributed by atoms with van der Waals surface area (Å²) in [4.78, 5) is 0. The van der Waals surface area contributed by atoms with E-state index in [-0.39, 0.29) is 5.56 Å². The van der Waals surface area contributed by atoms with E-state index in [1.165, 1.54) is 30.0 Å². The predicted octanol–water partition coefficient (Wildman–Crippen LogP) is 6.28. The molecule has 28 heavy (non-hydrogen) atoms.